The van der Waals surface area contributed by atoms with Crippen LogP contribution in [0.25, 0.3) is 11.0 Å². The average molecular weight is 350 g/mol. The molecule has 0 saturated heterocycles. The predicted octanol–water partition coefficient (Wildman–Crippen LogP) is 3.09. The number of ether oxygens (including phenoxy) is 1. The van der Waals surface area contributed by atoms with Crippen LogP contribution >= 0.6 is 11.6 Å². The molecule has 0 atom stereocenters. The van der Waals surface area contributed by atoms with Crippen molar-refractivity contribution in [3.63, 3.8) is 0 Å². The van der Waals surface area contributed by atoms with Gasteiger partial charge in [0, 0.05) is 12.4 Å². The van der Waals surface area contributed by atoms with Gasteiger partial charge in [-0.3, -0.25) is 14.7 Å². The molecule has 1 heterocycles. The highest BCUT2D eigenvalue weighted by Crippen LogP contribution is 2.28. The van der Waals surface area contributed by atoms with Crippen molar-refractivity contribution in [2.75, 3.05) is 11.8 Å². The fourth-order valence-corrected chi connectivity index (χ4v) is 3.45. The largest absolute Gasteiger partial charge is 0.495 e. The highest BCUT2D eigenvalue weighted by Gasteiger charge is 2.16. The Morgan fingerprint density at radius 1 is 1.04 bits per heavy atom. The van der Waals surface area contributed by atoms with E-state index in [9.17, 15) is 8.42 Å². The molecule has 0 saturated carbocycles. The third-order valence-corrected chi connectivity index (χ3v) is 4.83. The molecule has 0 aliphatic rings. The second kappa shape index (κ2) is 6.02. The third kappa shape index (κ3) is 3.20. The first-order valence-electron chi connectivity index (χ1n) is 6.57. The van der Waals surface area contributed by atoms with Gasteiger partial charge in [0.05, 0.1) is 33.7 Å². The van der Waals surface area contributed by atoms with Crippen molar-refractivity contribution in [1.29, 1.82) is 0 Å². The summed E-state index contributed by atoms with van der Waals surface area (Å²) in [5.41, 5.74) is 1.67. The van der Waals surface area contributed by atoms with Crippen molar-refractivity contribution < 1.29 is 13.2 Å². The minimum absolute atomic E-state index is 0.0440. The summed E-state index contributed by atoms with van der Waals surface area (Å²) in [7, 11) is -2.31. The van der Waals surface area contributed by atoms with Crippen LogP contribution in [0.1, 0.15) is 0 Å². The molecule has 0 radical (unpaired) electrons. The number of sulfonamides is 1. The Labute approximate surface area is 138 Å². The van der Waals surface area contributed by atoms with Gasteiger partial charge in [-0.05, 0) is 36.4 Å². The molecule has 0 bridgehead atoms. The van der Waals surface area contributed by atoms with E-state index < -0.39 is 10.0 Å². The van der Waals surface area contributed by atoms with Gasteiger partial charge in [-0.2, -0.15) is 0 Å². The molecule has 6 nitrogen and oxygen atoms in total. The number of fused-ring (bicyclic) bond motifs is 1. The van der Waals surface area contributed by atoms with Crippen LogP contribution in [0.15, 0.2) is 53.7 Å². The smallest absolute Gasteiger partial charge is 0.261 e. The predicted molar refractivity (Wildman–Crippen MR) is 88.4 cm³/mol. The van der Waals surface area contributed by atoms with Gasteiger partial charge in [0.1, 0.15) is 5.75 Å². The van der Waals surface area contributed by atoms with E-state index in [1.165, 1.54) is 25.3 Å². The molecule has 23 heavy (non-hydrogen) atoms. The molecule has 3 rings (SSSR count). The average Bonchev–Trinajstić information content (AvgIpc) is 2.54. The maximum atomic E-state index is 12.4. The number of aromatic nitrogens is 2. The quantitative estimate of drug-likeness (QED) is 0.782. The highest BCUT2D eigenvalue weighted by molar-refractivity contribution is 7.92. The lowest BCUT2D eigenvalue weighted by Crippen LogP contribution is -2.13. The molecule has 1 aromatic heterocycles. The van der Waals surface area contributed by atoms with Gasteiger partial charge in [-0.15, -0.1) is 0 Å². The van der Waals surface area contributed by atoms with Gasteiger partial charge < -0.3 is 4.74 Å². The normalized spacial score (nSPS) is 11.4. The number of nitrogens with one attached hydrogen (secondary N) is 1. The Balaban J connectivity index is 1.94. The number of hydrogen-bond donors (Lipinski definition) is 1. The minimum Gasteiger partial charge on any atom is -0.495 e. The van der Waals surface area contributed by atoms with Crippen molar-refractivity contribution in [2.45, 2.75) is 4.90 Å². The topological polar surface area (TPSA) is 81.2 Å². The highest BCUT2D eigenvalue weighted by atomic mass is 35.5. The third-order valence-electron chi connectivity index (χ3n) is 3.16. The molecule has 0 spiro atoms. The lowest BCUT2D eigenvalue weighted by atomic mass is 10.3. The fourth-order valence-electron chi connectivity index (χ4n) is 2.06. The number of nitrogens with zero attached hydrogens (tertiary/aromatic N) is 2. The standard InChI is InChI=1S/C15H12ClN3O3S/c1-22-15-5-3-11(9-12(15)16)23(20,21)19-10-2-4-13-14(8-10)18-7-6-17-13/h2-9,19H,1H3. The van der Waals surface area contributed by atoms with Crippen LogP contribution in [0.3, 0.4) is 0 Å². The molecular formula is C15H12ClN3O3S. The molecule has 0 fully saturated rings. The number of anilines is 1. The summed E-state index contributed by atoms with van der Waals surface area (Å²) in [5.74, 6) is 0.409. The van der Waals surface area contributed by atoms with E-state index >= 15 is 0 Å². The summed E-state index contributed by atoms with van der Waals surface area (Å²) in [6.45, 7) is 0. The van der Waals surface area contributed by atoms with E-state index in [0.717, 1.165) is 0 Å². The number of methoxy groups -OCH3 is 1. The van der Waals surface area contributed by atoms with Crippen LogP contribution in [-0.4, -0.2) is 25.5 Å². The van der Waals surface area contributed by atoms with E-state index in [0.29, 0.717) is 22.5 Å². The molecule has 3 aromatic rings. The van der Waals surface area contributed by atoms with Crippen molar-refractivity contribution in [2.24, 2.45) is 0 Å². The van der Waals surface area contributed by atoms with Crippen LogP contribution in [-0.2, 0) is 10.0 Å². The Morgan fingerprint density at radius 2 is 1.78 bits per heavy atom. The first-order chi connectivity index (χ1) is 11.0. The van der Waals surface area contributed by atoms with Crippen molar-refractivity contribution in [3.8, 4) is 5.75 Å². The molecule has 0 aliphatic carbocycles. The molecule has 1 N–H and O–H groups in total. The van der Waals surface area contributed by atoms with E-state index in [1.54, 1.807) is 30.6 Å². The lowest BCUT2D eigenvalue weighted by Gasteiger charge is -2.10. The van der Waals surface area contributed by atoms with Crippen molar-refractivity contribution in [1.82, 2.24) is 9.97 Å². The summed E-state index contributed by atoms with van der Waals surface area (Å²) >= 11 is 5.98. The zero-order valence-corrected chi connectivity index (χ0v) is 13.6. The van der Waals surface area contributed by atoms with Crippen LogP contribution in [0.4, 0.5) is 5.69 Å². The van der Waals surface area contributed by atoms with Gasteiger partial charge in [0.25, 0.3) is 10.0 Å². The summed E-state index contributed by atoms with van der Waals surface area (Å²) < 4.78 is 32.4. The van der Waals surface area contributed by atoms with E-state index in [-0.39, 0.29) is 9.92 Å². The molecular weight excluding hydrogens is 338 g/mol. The molecule has 8 heteroatoms. The van der Waals surface area contributed by atoms with Gasteiger partial charge in [0.15, 0.2) is 0 Å². The Kier molecular flexibility index (Phi) is 4.06. The zero-order valence-electron chi connectivity index (χ0n) is 12.0. The zero-order chi connectivity index (χ0) is 16.4. The van der Waals surface area contributed by atoms with Gasteiger partial charge in [-0.25, -0.2) is 8.42 Å². The van der Waals surface area contributed by atoms with E-state index in [2.05, 4.69) is 14.7 Å². The van der Waals surface area contributed by atoms with Crippen LogP contribution in [0.2, 0.25) is 5.02 Å². The first kappa shape index (κ1) is 15.5. The van der Waals surface area contributed by atoms with Crippen LogP contribution < -0.4 is 9.46 Å². The monoisotopic (exact) mass is 349 g/mol. The van der Waals surface area contributed by atoms with Gasteiger partial charge >= 0.3 is 0 Å². The second-order valence-electron chi connectivity index (χ2n) is 4.66. The lowest BCUT2D eigenvalue weighted by molar-refractivity contribution is 0.414. The fraction of sp³-hybridized carbons (Fsp3) is 0.0667. The molecule has 118 valence electrons. The van der Waals surface area contributed by atoms with Gasteiger partial charge in [0.2, 0.25) is 0 Å². The summed E-state index contributed by atoms with van der Waals surface area (Å²) in [4.78, 5) is 8.33. The van der Waals surface area contributed by atoms with Crippen molar-refractivity contribution in [3.05, 3.63) is 53.8 Å². The molecule has 0 aliphatic heterocycles. The van der Waals surface area contributed by atoms with Crippen LogP contribution in [0, 0.1) is 0 Å². The Bertz CT molecular complexity index is 977. The Hall–Kier alpha value is -2.38. The first-order valence-corrected chi connectivity index (χ1v) is 8.43. The SMILES string of the molecule is COc1ccc(S(=O)(=O)Nc2ccc3nccnc3c2)cc1Cl. The number of hydrogen-bond acceptors (Lipinski definition) is 5. The molecule has 0 amide bonds. The summed E-state index contributed by atoms with van der Waals surface area (Å²) in [5, 5.41) is 0.222. The van der Waals surface area contributed by atoms with E-state index in [1.807, 2.05) is 0 Å². The summed E-state index contributed by atoms with van der Waals surface area (Å²) in [6, 6.07) is 9.20. The number of benzene rings is 2. The van der Waals surface area contributed by atoms with Crippen molar-refractivity contribution >= 4 is 38.3 Å². The maximum absolute atomic E-state index is 12.4. The summed E-state index contributed by atoms with van der Waals surface area (Å²) in [6.07, 6.45) is 3.12. The maximum Gasteiger partial charge on any atom is 0.261 e. The number of halogens is 1. The van der Waals surface area contributed by atoms with Gasteiger partial charge in [-0.1, -0.05) is 11.6 Å². The Morgan fingerprint density at radius 3 is 2.48 bits per heavy atom. The van der Waals surface area contributed by atoms with Crippen LogP contribution in [0.5, 0.6) is 5.75 Å². The molecule has 0 unspecified atom stereocenters. The minimum atomic E-state index is -3.77. The number of rotatable bonds is 4. The van der Waals surface area contributed by atoms with E-state index in [4.69, 9.17) is 16.3 Å². The molecule has 2 aromatic carbocycles. The second-order valence-corrected chi connectivity index (χ2v) is 6.75.